The minimum absolute atomic E-state index is 0.0891. The van der Waals surface area contributed by atoms with E-state index in [1.807, 2.05) is 11.8 Å². The normalized spacial score (nSPS) is 19.8. The summed E-state index contributed by atoms with van der Waals surface area (Å²) in [5.41, 5.74) is 0.0891. The van der Waals surface area contributed by atoms with Crippen LogP contribution in [-0.2, 0) is 11.3 Å². The van der Waals surface area contributed by atoms with Crippen LogP contribution in [0.3, 0.4) is 0 Å². The van der Waals surface area contributed by atoms with Crippen LogP contribution in [0.5, 0.6) is 0 Å². The molecule has 5 nitrogen and oxygen atoms in total. The lowest BCUT2D eigenvalue weighted by Gasteiger charge is -2.36. The lowest BCUT2D eigenvalue weighted by atomic mass is 9.87. The molecule has 1 N–H and O–H groups in total. The number of hydrogen-bond donors (Lipinski definition) is 1. The smallest absolute Gasteiger partial charge is 0.137 e. The molecule has 0 amide bonds. The van der Waals surface area contributed by atoms with Gasteiger partial charge >= 0.3 is 0 Å². The van der Waals surface area contributed by atoms with E-state index in [2.05, 4.69) is 15.4 Å². The summed E-state index contributed by atoms with van der Waals surface area (Å²) in [5, 5.41) is 7.47. The maximum atomic E-state index is 5.71. The number of ether oxygens (including phenoxy) is 1. The van der Waals surface area contributed by atoms with Crippen molar-refractivity contribution in [2.45, 2.75) is 37.8 Å². The number of nitrogens with one attached hydrogen (secondary N) is 1. The third-order valence-electron chi connectivity index (χ3n) is 3.43. The lowest BCUT2D eigenvalue weighted by molar-refractivity contribution is -0.0423. The Balaban J connectivity index is 1.78. The molecular weight excluding hydrogens is 204 g/mol. The summed E-state index contributed by atoms with van der Waals surface area (Å²) >= 11 is 0. The van der Waals surface area contributed by atoms with Gasteiger partial charge in [-0.15, -0.1) is 0 Å². The molecule has 0 atom stereocenters. The summed E-state index contributed by atoms with van der Waals surface area (Å²) in [5.74, 6) is 0. The van der Waals surface area contributed by atoms with Gasteiger partial charge in [0.2, 0.25) is 0 Å². The highest BCUT2D eigenvalue weighted by atomic mass is 16.5. The first kappa shape index (κ1) is 11.5. The van der Waals surface area contributed by atoms with Gasteiger partial charge in [0.05, 0.1) is 5.60 Å². The van der Waals surface area contributed by atoms with Crippen molar-refractivity contribution in [2.75, 3.05) is 20.2 Å². The molecule has 16 heavy (non-hydrogen) atoms. The van der Waals surface area contributed by atoms with Gasteiger partial charge in [0.25, 0.3) is 0 Å². The van der Waals surface area contributed by atoms with E-state index in [0.29, 0.717) is 0 Å². The number of methoxy groups -OCH3 is 1. The van der Waals surface area contributed by atoms with E-state index in [9.17, 15) is 0 Å². The summed E-state index contributed by atoms with van der Waals surface area (Å²) < 4.78 is 7.59. The Morgan fingerprint density at radius 3 is 2.88 bits per heavy atom. The number of rotatable bonds is 5. The number of hydrogen-bond acceptors (Lipinski definition) is 4. The van der Waals surface area contributed by atoms with E-state index in [0.717, 1.165) is 45.3 Å². The van der Waals surface area contributed by atoms with Gasteiger partial charge in [-0.05, 0) is 38.8 Å². The van der Waals surface area contributed by atoms with Crippen LogP contribution in [0.4, 0.5) is 0 Å². The molecule has 1 aromatic rings. The molecule has 1 aromatic heterocycles. The molecular formula is C11H20N4O. The van der Waals surface area contributed by atoms with Crippen LogP contribution in [0.25, 0.3) is 0 Å². The predicted octanol–water partition coefficient (Wildman–Crippen LogP) is 0.827. The van der Waals surface area contributed by atoms with Crippen molar-refractivity contribution in [3.63, 3.8) is 0 Å². The summed E-state index contributed by atoms with van der Waals surface area (Å²) in [6.45, 7) is 3.06. The molecule has 1 aliphatic heterocycles. The maximum absolute atomic E-state index is 5.71. The van der Waals surface area contributed by atoms with E-state index < -0.39 is 0 Å². The van der Waals surface area contributed by atoms with Crippen LogP contribution in [-0.4, -0.2) is 40.6 Å². The van der Waals surface area contributed by atoms with E-state index in [1.165, 1.54) is 0 Å². The SMILES string of the molecule is COC1(CCCn2cncn2)CCNCC1. The first-order valence-electron chi connectivity index (χ1n) is 5.93. The van der Waals surface area contributed by atoms with Gasteiger partial charge in [-0.2, -0.15) is 5.10 Å². The molecule has 90 valence electrons. The molecule has 2 rings (SSSR count). The van der Waals surface area contributed by atoms with Gasteiger partial charge in [0.1, 0.15) is 12.7 Å². The summed E-state index contributed by atoms with van der Waals surface area (Å²) in [6.07, 6.45) is 7.77. The van der Waals surface area contributed by atoms with Gasteiger partial charge in [-0.3, -0.25) is 4.68 Å². The van der Waals surface area contributed by atoms with Gasteiger partial charge in [-0.25, -0.2) is 4.98 Å². The third kappa shape index (κ3) is 2.80. The van der Waals surface area contributed by atoms with Crippen LogP contribution >= 0.6 is 0 Å². The van der Waals surface area contributed by atoms with E-state index in [4.69, 9.17) is 4.74 Å². The number of aryl methyl sites for hydroxylation is 1. The molecule has 0 bridgehead atoms. The highest BCUT2D eigenvalue weighted by Crippen LogP contribution is 2.27. The molecule has 2 heterocycles. The Morgan fingerprint density at radius 1 is 1.44 bits per heavy atom. The first-order chi connectivity index (χ1) is 7.85. The van der Waals surface area contributed by atoms with Crippen LogP contribution < -0.4 is 5.32 Å². The Bertz CT molecular complexity index is 293. The second-order valence-corrected chi connectivity index (χ2v) is 4.40. The Labute approximate surface area is 96.2 Å². The minimum Gasteiger partial charge on any atom is -0.378 e. The molecule has 0 unspecified atom stereocenters. The average Bonchev–Trinajstić information content (AvgIpc) is 2.83. The predicted molar refractivity (Wildman–Crippen MR) is 61.1 cm³/mol. The summed E-state index contributed by atoms with van der Waals surface area (Å²) in [4.78, 5) is 3.94. The summed E-state index contributed by atoms with van der Waals surface area (Å²) in [6, 6.07) is 0. The zero-order valence-corrected chi connectivity index (χ0v) is 9.85. The van der Waals surface area contributed by atoms with Crippen molar-refractivity contribution >= 4 is 0 Å². The van der Waals surface area contributed by atoms with Crippen LogP contribution in [0, 0.1) is 0 Å². The number of nitrogens with zero attached hydrogens (tertiary/aromatic N) is 3. The Morgan fingerprint density at radius 2 is 2.25 bits per heavy atom. The fourth-order valence-electron chi connectivity index (χ4n) is 2.35. The molecule has 0 aromatic carbocycles. The quantitative estimate of drug-likeness (QED) is 0.804. The van der Waals surface area contributed by atoms with Crippen molar-refractivity contribution in [1.29, 1.82) is 0 Å². The molecule has 5 heteroatoms. The van der Waals surface area contributed by atoms with Crippen LogP contribution in [0.1, 0.15) is 25.7 Å². The van der Waals surface area contributed by atoms with Crippen molar-refractivity contribution in [1.82, 2.24) is 20.1 Å². The van der Waals surface area contributed by atoms with Crippen LogP contribution in [0.2, 0.25) is 0 Å². The van der Waals surface area contributed by atoms with Crippen LogP contribution in [0.15, 0.2) is 12.7 Å². The monoisotopic (exact) mass is 224 g/mol. The standard InChI is InChI=1S/C11H20N4O/c1-16-11(4-6-12-7-5-11)3-2-8-15-10-13-9-14-15/h9-10,12H,2-8H2,1H3. The lowest BCUT2D eigenvalue weighted by Crippen LogP contribution is -2.43. The minimum atomic E-state index is 0.0891. The molecule has 0 saturated carbocycles. The van der Waals surface area contributed by atoms with Crippen molar-refractivity contribution in [2.24, 2.45) is 0 Å². The van der Waals surface area contributed by atoms with Crippen molar-refractivity contribution in [3.8, 4) is 0 Å². The molecule has 1 fully saturated rings. The Hall–Kier alpha value is -0.940. The van der Waals surface area contributed by atoms with Gasteiger partial charge in [0, 0.05) is 13.7 Å². The fourth-order valence-corrected chi connectivity index (χ4v) is 2.35. The average molecular weight is 224 g/mol. The summed E-state index contributed by atoms with van der Waals surface area (Å²) in [7, 11) is 1.83. The molecule has 0 aliphatic carbocycles. The van der Waals surface area contributed by atoms with Crippen molar-refractivity contribution < 1.29 is 4.74 Å². The van der Waals surface area contributed by atoms with Gasteiger partial charge < -0.3 is 10.1 Å². The van der Waals surface area contributed by atoms with E-state index >= 15 is 0 Å². The zero-order valence-electron chi connectivity index (χ0n) is 9.85. The zero-order chi connectivity index (χ0) is 11.3. The topological polar surface area (TPSA) is 52.0 Å². The van der Waals surface area contributed by atoms with E-state index in [-0.39, 0.29) is 5.60 Å². The van der Waals surface area contributed by atoms with E-state index in [1.54, 1.807) is 12.7 Å². The molecule has 0 radical (unpaired) electrons. The Kier molecular flexibility index (Phi) is 3.90. The highest BCUT2D eigenvalue weighted by Gasteiger charge is 2.30. The second-order valence-electron chi connectivity index (χ2n) is 4.40. The van der Waals surface area contributed by atoms with Crippen molar-refractivity contribution in [3.05, 3.63) is 12.7 Å². The highest BCUT2D eigenvalue weighted by molar-refractivity contribution is 4.85. The second kappa shape index (κ2) is 5.41. The van der Waals surface area contributed by atoms with Gasteiger partial charge in [-0.1, -0.05) is 0 Å². The first-order valence-corrected chi connectivity index (χ1v) is 5.93. The largest absolute Gasteiger partial charge is 0.378 e. The third-order valence-corrected chi connectivity index (χ3v) is 3.43. The maximum Gasteiger partial charge on any atom is 0.137 e. The van der Waals surface area contributed by atoms with Gasteiger partial charge in [0.15, 0.2) is 0 Å². The number of aromatic nitrogens is 3. The molecule has 0 spiro atoms. The molecule has 1 saturated heterocycles. The molecule has 1 aliphatic rings. The number of piperidine rings is 1. The fraction of sp³-hybridized carbons (Fsp3) is 0.818.